The number of hydrogen-bond donors (Lipinski definition) is 2. The molecule has 2 N–H and O–H groups in total. The zero-order chi connectivity index (χ0) is 18.8. The van der Waals surface area contributed by atoms with Crippen LogP contribution in [-0.2, 0) is 9.59 Å². The summed E-state index contributed by atoms with van der Waals surface area (Å²) in [6, 6.07) is 9.67. The van der Waals surface area contributed by atoms with E-state index >= 15 is 0 Å². The molecule has 0 bridgehead atoms. The molecule has 1 aliphatic heterocycles. The molecule has 9 heteroatoms. The van der Waals surface area contributed by atoms with Crippen molar-refractivity contribution in [2.24, 2.45) is 0 Å². The van der Waals surface area contributed by atoms with Gasteiger partial charge in [0.2, 0.25) is 0 Å². The number of aromatic hydroxyl groups is 1. The van der Waals surface area contributed by atoms with Crippen molar-refractivity contribution in [2.75, 3.05) is 4.90 Å². The second-order valence-electron chi connectivity index (χ2n) is 5.33. The molecule has 0 aromatic heterocycles. The third-order valence-electron chi connectivity index (χ3n) is 3.60. The first-order valence-electron chi connectivity index (χ1n) is 7.32. The van der Waals surface area contributed by atoms with Crippen LogP contribution in [0.25, 0.3) is 6.08 Å². The minimum absolute atomic E-state index is 0.0139. The monoisotopic (exact) mass is 353 g/mol. The van der Waals surface area contributed by atoms with E-state index in [1.54, 1.807) is 0 Å². The summed E-state index contributed by atoms with van der Waals surface area (Å²) in [6.45, 7) is 0. The molecule has 0 saturated carbocycles. The molecule has 26 heavy (non-hydrogen) atoms. The van der Waals surface area contributed by atoms with E-state index in [0.29, 0.717) is 10.5 Å². The fraction of sp³-hybridized carbons (Fsp3) is 0. The Morgan fingerprint density at radius 2 is 1.77 bits per heavy atom. The second-order valence-corrected chi connectivity index (χ2v) is 5.33. The van der Waals surface area contributed by atoms with Gasteiger partial charge in [0, 0.05) is 12.1 Å². The van der Waals surface area contributed by atoms with E-state index in [1.165, 1.54) is 48.5 Å². The number of anilines is 1. The Balaban J connectivity index is 2.02. The molecule has 1 heterocycles. The lowest BCUT2D eigenvalue weighted by atomic mass is 10.1. The molecule has 0 aliphatic carbocycles. The first kappa shape index (κ1) is 16.8. The summed E-state index contributed by atoms with van der Waals surface area (Å²) in [4.78, 5) is 47.7. The van der Waals surface area contributed by atoms with E-state index in [2.05, 4.69) is 0 Å². The van der Waals surface area contributed by atoms with Crippen LogP contribution in [0.15, 0.2) is 54.1 Å². The second kappa shape index (κ2) is 6.48. The lowest BCUT2D eigenvalue weighted by Crippen LogP contribution is -2.54. The highest BCUT2D eigenvalue weighted by Crippen LogP contribution is 2.25. The van der Waals surface area contributed by atoms with E-state index in [0.717, 1.165) is 6.07 Å². The maximum absolute atomic E-state index is 12.7. The van der Waals surface area contributed by atoms with Gasteiger partial charge in [-0.15, -0.1) is 0 Å². The number of phenols is 1. The lowest BCUT2D eigenvalue weighted by molar-refractivity contribution is -0.384. The van der Waals surface area contributed by atoms with Gasteiger partial charge in [0.15, 0.2) is 0 Å². The van der Waals surface area contributed by atoms with Crippen LogP contribution in [0.3, 0.4) is 0 Å². The summed E-state index contributed by atoms with van der Waals surface area (Å²) in [6.07, 6.45) is 1.26. The zero-order valence-corrected chi connectivity index (χ0v) is 13.1. The zero-order valence-electron chi connectivity index (χ0n) is 13.1. The molecule has 4 amide bonds. The predicted octanol–water partition coefficient (Wildman–Crippen LogP) is 1.97. The smallest absolute Gasteiger partial charge is 0.335 e. The molecule has 3 rings (SSSR count). The molecule has 1 fully saturated rings. The van der Waals surface area contributed by atoms with E-state index in [9.17, 15) is 29.6 Å². The molecule has 9 nitrogen and oxygen atoms in total. The van der Waals surface area contributed by atoms with Crippen LogP contribution in [0.2, 0.25) is 0 Å². The van der Waals surface area contributed by atoms with Crippen molar-refractivity contribution in [3.8, 4) is 5.75 Å². The highest BCUT2D eigenvalue weighted by atomic mass is 16.6. The van der Waals surface area contributed by atoms with Gasteiger partial charge in [-0.1, -0.05) is 18.2 Å². The number of urea groups is 1. The number of nitro benzene ring substituents is 1. The Kier molecular flexibility index (Phi) is 4.19. The molecule has 0 radical (unpaired) electrons. The van der Waals surface area contributed by atoms with Crippen molar-refractivity contribution in [1.29, 1.82) is 0 Å². The standard InChI is InChI=1S/C17H11N3O6/c21-13-6-4-10(5-7-13)8-14-15(22)18-17(24)19(16(14)23)11-2-1-3-12(9-11)20(25)26/h1-9,21H,(H,18,22,24). The number of imide groups is 2. The van der Waals surface area contributed by atoms with Gasteiger partial charge in [-0.2, -0.15) is 0 Å². The van der Waals surface area contributed by atoms with E-state index in [1.807, 2.05) is 5.32 Å². The normalized spacial score (nSPS) is 15.9. The highest BCUT2D eigenvalue weighted by Gasteiger charge is 2.37. The Morgan fingerprint density at radius 1 is 1.08 bits per heavy atom. The van der Waals surface area contributed by atoms with Crippen LogP contribution in [0.4, 0.5) is 16.2 Å². The van der Waals surface area contributed by atoms with Gasteiger partial charge in [0.05, 0.1) is 10.6 Å². The molecule has 0 unspecified atom stereocenters. The van der Waals surface area contributed by atoms with Crippen LogP contribution in [0.1, 0.15) is 5.56 Å². The van der Waals surface area contributed by atoms with Crippen LogP contribution < -0.4 is 10.2 Å². The van der Waals surface area contributed by atoms with Gasteiger partial charge in [-0.25, -0.2) is 9.69 Å². The number of amides is 4. The fourth-order valence-electron chi connectivity index (χ4n) is 2.37. The summed E-state index contributed by atoms with van der Waals surface area (Å²) < 4.78 is 0. The van der Waals surface area contributed by atoms with Gasteiger partial charge < -0.3 is 5.11 Å². The average Bonchev–Trinajstić information content (AvgIpc) is 2.60. The number of carbonyl (C=O) groups excluding carboxylic acids is 3. The molecule has 1 aliphatic rings. The summed E-state index contributed by atoms with van der Waals surface area (Å²) in [5.41, 5.74) is -0.202. The quantitative estimate of drug-likeness (QED) is 0.375. The molecule has 2 aromatic rings. The molecule has 0 spiro atoms. The fourth-order valence-corrected chi connectivity index (χ4v) is 2.37. The Hall–Kier alpha value is -4.01. The Labute approximate surface area is 146 Å². The summed E-state index contributed by atoms with van der Waals surface area (Å²) >= 11 is 0. The first-order chi connectivity index (χ1) is 12.4. The van der Waals surface area contributed by atoms with Gasteiger partial charge in [-0.3, -0.25) is 25.0 Å². The molecule has 130 valence electrons. The minimum Gasteiger partial charge on any atom is -0.508 e. The SMILES string of the molecule is O=C1NC(=O)N(c2cccc([N+](=O)[O-])c2)C(=O)C1=Cc1ccc(O)cc1. The third-order valence-corrected chi connectivity index (χ3v) is 3.60. The Morgan fingerprint density at radius 3 is 2.42 bits per heavy atom. The van der Waals surface area contributed by atoms with Crippen LogP contribution in [0.5, 0.6) is 5.75 Å². The largest absolute Gasteiger partial charge is 0.508 e. The number of nitrogens with one attached hydrogen (secondary N) is 1. The number of benzene rings is 2. The molecular weight excluding hydrogens is 342 g/mol. The molecular formula is C17H11N3O6. The summed E-state index contributed by atoms with van der Waals surface area (Å²) in [5.74, 6) is -1.78. The van der Waals surface area contributed by atoms with Crippen LogP contribution in [-0.4, -0.2) is 27.9 Å². The minimum atomic E-state index is -0.997. The number of carbonyl (C=O) groups is 3. The molecule has 0 atom stereocenters. The lowest BCUT2D eigenvalue weighted by Gasteiger charge is -2.26. The number of phenolic OH excluding ortho intramolecular Hbond substituents is 1. The van der Waals surface area contributed by atoms with E-state index < -0.39 is 22.8 Å². The van der Waals surface area contributed by atoms with Gasteiger partial charge in [0.25, 0.3) is 17.5 Å². The average molecular weight is 353 g/mol. The van der Waals surface area contributed by atoms with E-state index in [4.69, 9.17) is 0 Å². The van der Waals surface area contributed by atoms with Crippen molar-refractivity contribution in [1.82, 2.24) is 5.32 Å². The van der Waals surface area contributed by atoms with E-state index in [-0.39, 0.29) is 22.7 Å². The predicted molar refractivity (Wildman–Crippen MR) is 90.2 cm³/mol. The van der Waals surface area contributed by atoms with Crippen molar-refractivity contribution in [2.45, 2.75) is 0 Å². The number of nitrogens with zero attached hydrogens (tertiary/aromatic N) is 2. The molecule has 2 aromatic carbocycles. The van der Waals surface area contributed by atoms with Crippen LogP contribution in [0, 0.1) is 10.1 Å². The van der Waals surface area contributed by atoms with Gasteiger partial charge in [0.1, 0.15) is 11.3 Å². The topological polar surface area (TPSA) is 130 Å². The number of barbiturate groups is 1. The van der Waals surface area contributed by atoms with Crippen molar-refractivity contribution < 1.29 is 24.4 Å². The number of non-ortho nitro benzene ring substituents is 1. The maximum Gasteiger partial charge on any atom is 0.335 e. The van der Waals surface area contributed by atoms with Crippen molar-refractivity contribution in [3.05, 3.63) is 69.8 Å². The Bertz CT molecular complexity index is 965. The third kappa shape index (κ3) is 3.13. The highest BCUT2D eigenvalue weighted by molar-refractivity contribution is 6.39. The first-order valence-corrected chi connectivity index (χ1v) is 7.32. The number of hydrogen-bond acceptors (Lipinski definition) is 6. The van der Waals surface area contributed by atoms with Crippen molar-refractivity contribution >= 4 is 35.3 Å². The summed E-state index contributed by atoms with van der Waals surface area (Å²) in [7, 11) is 0. The van der Waals surface area contributed by atoms with Gasteiger partial charge >= 0.3 is 6.03 Å². The molecule has 1 saturated heterocycles. The van der Waals surface area contributed by atoms with Crippen LogP contribution >= 0.6 is 0 Å². The van der Waals surface area contributed by atoms with Gasteiger partial charge in [-0.05, 0) is 29.8 Å². The number of rotatable bonds is 3. The maximum atomic E-state index is 12.7. The number of nitro groups is 1. The van der Waals surface area contributed by atoms with Crippen molar-refractivity contribution in [3.63, 3.8) is 0 Å². The summed E-state index contributed by atoms with van der Waals surface area (Å²) in [5, 5.41) is 22.2.